The molecule has 0 unspecified atom stereocenters. The van der Waals surface area contributed by atoms with E-state index in [0.29, 0.717) is 6.04 Å². The van der Waals surface area contributed by atoms with Gasteiger partial charge < -0.3 is 15.5 Å². The minimum absolute atomic E-state index is 0.0452. The molecule has 1 saturated carbocycles. The first-order valence-electron chi connectivity index (χ1n) is 11.7. The fourth-order valence-corrected chi connectivity index (χ4v) is 5.17. The maximum absolute atomic E-state index is 12.3. The van der Waals surface area contributed by atoms with Crippen LogP contribution in [0.5, 0.6) is 0 Å². The Balaban J connectivity index is 1.13. The van der Waals surface area contributed by atoms with Gasteiger partial charge in [-0.2, -0.15) is 5.26 Å². The van der Waals surface area contributed by atoms with Crippen LogP contribution in [0.15, 0.2) is 24.3 Å². The second-order valence-electron chi connectivity index (χ2n) is 9.15. The van der Waals surface area contributed by atoms with E-state index in [0.717, 1.165) is 69.9 Å². The van der Waals surface area contributed by atoms with Gasteiger partial charge in [-0.1, -0.05) is 6.07 Å². The molecule has 1 aliphatic carbocycles. The minimum Gasteiger partial charge on any atom is -0.369 e. The lowest BCUT2D eigenvalue weighted by Crippen LogP contribution is -2.47. The molecule has 2 aliphatic heterocycles. The maximum atomic E-state index is 12.3. The molecule has 3 aliphatic rings. The van der Waals surface area contributed by atoms with Crippen LogP contribution in [0.3, 0.4) is 0 Å². The van der Waals surface area contributed by atoms with Crippen molar-refractivity contribution < 1.29 is 4.79 Å². The summed E-state index contributed by atoms with van der Waals surface area (Å²) in [5.74, 6) is 1.02. The van der Waals surface area contributed by atoms with Gasteiger partial charge in [0.2, 0.25) is 5.91 Å². The molecule has 0 aromatic heterocycles. The standard InChI is InChI=1S/C24H35N5O/c25-18-20-3-1-4-22(17-20)29-15-13-28(14-16-29)12-10-19-6-8-21(9-7-19)27-24(30)23-5-2-11-26-23/h1,3-4,17,19,21,23,26H,2,5-16H2,(H,27,30)/t19-,21-,23-/m0/s1. The molecule has 4 rings (SSSR count). The van der Waals surface area contributed by atoms with Gasteiger partial charge in [-0.15, -0.1) is 0 Å². The Labute approximate surface area is 180 Å². The fourth-order valence-electron chi connectivity index (χ4n) is 5.17. The Morgan fingerprint density at radius 2 is 1.93 bits per heavy atom. The van der Waals surface area contributed by atoms with Crippen LogP contribution in [0, 0.1) is 17.2 Å². The summed E-state index contributed by atoms with van der Waals surface area (Å²) in [6.45, 7) is 6.41. The van der Waals surface area contributed by atoms with Gasteiger partial charge in [0.25, 0.3) is 0 Å². The second-order valence-corrected chi connectivity index (χ2v) is 9.15. The number of nitrogens with one attached hydrogen (secondary N) is 2. The molecule has 1 amide bonds. The van der Waals surface area contributed by atoms with Crippen molar-refractivity contribution in [2.24, 2.45) is 5.92 Å². The van der Waals surface area contributed by atoms with E-state index in [1.807, 2.05) is 18.2 Å². The molecule has 2 saturated heterocycles. The topological polar surface area (TPSA) is 71.4 Å². The van der Waals surface area contributed by atoms with Crippen LogP contribution >= 0.6 is 0 Å². The number of piperazine rings is 1. The van der Waals surface area contributed by atoms with E-state index in [9.17, 15) is 4.79 Å². The number of anilines is 1. The summed E-state index contributed by atoms with van der Waals surface area (Å²) in [5, 5.41) is 15.7. The van der Waals surface area contributed by atoms with Gasteiger partial charge in [-0.05, 0) is 82.2 Å². The van der Waals surface area contributed by atoms with Crippen molar-refractivity contribution in [3.63, 3.8) is 0 Å². The zero-order valence-corrected chi connectivity index (χ0v) is 18.0. The number of carbonyl (C=O) groups is 1. The first-order chi connectivity index (χ1) is 14.7. The van der Waals surface area contributed by atoms with Gasteiger partial charge in [-0.3, -0.25) is 9.69 Å². The van der Waals surface area contributed by atoms with E-state index < -0.39 is 0 Å². The SMILES string of the molecule is N#Cc1cccc(N2CCN(CC[C@H]3CC[C@H](NC(=O)[C@@H]4CCCN4)CC3)CC2)c1. The zero-order chi connectivity index (χ0) is 20.8. The van der Waals surface area contributed by atoms with E-state index in [2.05, 4.69) is 32.6 Å². The summed E-state index contributed by atoms with van der Waals surface area (Å²) in [4.78, 5) is 17.3. The van der Waals surface area contributed by atoms with E-state index in [-0.39, 0.29) is 11.9 Å². The molecule has 1 aromatic carbocycles. The first kappa shape index (κ1) is 21.1. The van der Waals surface area contributed by atoms with E-state index >= 15 is 0 Å². The Bertz CT molecular complexity index is 738. The van der Waals surface area contributed by atoms with E-state index in [4.69, 9.17) is 5.26 Å². The summed E-state index contributed by atoms with van der Waals surface area (Å²) < 4.78 is 0. The van der Waals surface area contributed by atoms with Gasteiger partial charge in [0.1, 0.15) is 0 Å². The minimum atomic E-state index is 0.0452. The van der Waals surface area contributed by atoms with Crippen molar-refractivity contribution in [1.82, 2.24) is 15.5 Å². The number of hydrogen-bond acceptors (Lipinski definition) is 5. The van der Waals surface area contributed by atoms with Crippen molar-refractivity contribution in [3.05, 3.63) is 29.8 Å². The molecule has 2 heterocycles. The molecular formula is C24H35N5O. The average molecular weight is 410 g/mol. The number of benzene rings is 1. The third-order valence-electron chi connectivity index (χ3n) is 7.14. The lowest BCUT2D eigenvalue weighted by Gasteiger charge is -2.37. The monoisotopic (exact) mass is 409 g/mol. The smallest absolute Gasteiger partial charge is 0.237 e. The van der Waals surface area contributed by atoms with Crippen molar-refractivity contribution >= 4 is 11.6 Å². The van der Waals surface area contributed by atoms with Crippen LogP contribution in [0.1, 0.15) is 50.5 Å². The maximum Gasteiger partial charge on any atom is 0.237 e. The van der Waals surface area contributed by atoms with Crippen LogP contribution in [0.25, 0.3) is 0 Å². The Morgan fingerprint density at radius 3 is 2.63 bits per heavy atom. The molecule has 0 bridgehead atoms. The molecule has 0 spiro atoms. The van der Waals surface area contributed by atoms with E-state index in [1.165, 1.54) is 31.5 Å². The molecule has 1 atom stereocenters. The first-order valence-corrected chi connectivity index (χ1v) is 11.7. The van der Waals surface area contributed by atoms with Gasteiger partial charge in [-0.25, -0.2) is 0 Å². The van der Waals surface area contributed by atoms with Gasteiger partial charge >= 0.3 is 0 Å². The number of rotatable bonds is 6. The zero-order valence-electron chi connectivity index (χ0n) is 18.0. The Kier molecular flexibility index (Phi) is 7.24. The third kappa shape index (κ3) is 5.53. The van der Waals surface area contributed by atoms with E-state index in [1.54, 1.807) is 0 Å². The van der Waals surface area contributed by atoms with Crippen molar-refractivity contribution in [3.8, 4) is 6.07 Å². The quantitative estimate of drug-likeness (QED) is 0.755. The molecule has 3 fully saturated rings. The second kappa shape index (κ2) is 10.3. The fraction of sp³-hybridized carbons (Fsp3) is 0.667. The summed E-state index contributed by atoms with van der Waals surface area (Å²) in [7, 11) is 0. The predicted molar refractivity (Wildman–Crippen MR) is 119 cm³/mol. The summed E-state index contributed by atoms with van der Waals surface area (Å²) >= 11 is 0. The lowest BCUT2D eigenvalue weighted by atomic mass is 9.84. The molecule has 162 valence electrons. The van der Waals surface area contributed by atoms with Gasteiger partial charge in [0.05, 0.1) is 17.7 Å². The molecule has 2 N–H and O–H groups in total. The van der Waals surface area contributed by atoms with Crippen LogP contribution in [-0.2, 0) is 4.79 Å². The molecule has 6 heteroatoms. The molecule has 0 radical (unpaired) electrons. The van der Waals surface area contributed by atoms with Crippen LogP contribution in [0.4, 0.5) is 5.69 Å². The van der Waals surface area contributed by atoms with Crippen LogP contribution in [-0.4, -0.2) is 62.2 Å². The molecule has 30 heavy (non-hydrogen) atoms. The number of nitriles is 1. The summed E-state index contributed by atoms with van der Waals surface area (Å²) in [6.07, 6.45) is 8.12. The third-order valence-corrected chi connectivity index (χ3v) is 7.14. The average Bonchev–Trinajstić information content (AvgIpc) is 3.34. The number of hydrogen-bond donors (Lipinski definition) is 2. The Morgan fingerprint density at radius 1 is 1.13 bits per heavy atom. The normalized spacial score (nSPS) is 27.6. The van der Waals surface area contributed by atoms with Crippen molar-refractivity contribution in [2.75, 3.05) is 44.2 Å². The molecular weight excluding hydrogens is 374 g/mol. The highest BCUT2D eigenvalue weighted by Gasteiger charge is 2.27. The lowest BCUT2D eigenvalue weighted by molar-refractivity contribution is -0.123. The molecule has 1 aromatic rings. The van der Waals surface area contributed by atoms with Gasteiger partial charge in [0.15, 0.2) is 0 Å². The molecule has 6 nitrogen and oxygen atoms in total. The highest BCUT2D eigenvalue weighted by molar-refractivity contribution is 5.82. The largest absolute Gasteiger partial charge is 0.369 e. The van der Waals surface area contributed by atoms with Crippen LogP contribution < -0.4 is 15.5 Å². The summed E-state index contributed by atoms with van der Waals surface area (Å²) in [6, 6.07) is 10.6. The predicted octanol–water partition coefficient (Wildman–Crippen LogP) is 2.50. The number of nitrogens with zero attached hydrogens (tertiary/aromatic N) is 3. The van der Waals surface area contributed by atoms with Crippen LogP contribution in [0.2, 0.25) is 0 Å². The van der Waals surface area contributed by atoms with Crippen molar-refractivity contribution in [2.45, 2.75) is 57.0 Å². The Hall–Kier alpha value is -2.10. The highest BCUT2D eigenvalue weighted by atomic mass is 16.2. The summed E-state index contributed by atoms with van der Waals surface area (Å²) in [5.41, 5.74) is 1.91. The number of carbonyl (C=O) groups excluding carboxylic acids is 1. The van der Waals surface area contributed by atoms with Crippen molar-refractivity contribution in [1.29, 1.82) is 5.26 Å². The van der Waals surface area contributed by atoms with Gasteiger partial charge in [0, 0.05) is 37.9 Å². The highest BCUT2D eigenvalue weighted by Crippen LogP contribution is 2.27. The number of amides is 1.